The molecule has 0 aliphatic rings. The van der Waals surface area contributed by atoms with Gasteiger partial charge in [-0.3, -0.25) is 4.99 Å². The van der Waals surface area contributed by atoms with E-state index in [1.807, 2.05) is 37.1 Å². The number of hydrogen-bond donors (Lipinski definition) is 0. The van der Waals surface area contributed by atoms with E-state index < -0.39 is 0 Å². The molecule has 0 unspecified atom stereocenters. The molecule has 0 N–H and O–H groups in total. The first-order chi connectivity index (χ1) is 4.27. The lowest BCUT2D eigenvalue weighted by Crippen LogP contribution is -2.08. The summed E-state index contributed by atoms with van der Waals surface area (Å²) in [6, 6.07) is 0. The van der Waals surface area contributed by atoms with Crippen LogP contribution in [-0.4, -0.2) is 43.9 Å². The van der Waals surface area contributed by atoms with Gasteiger partial charge in [0.15, 0.2) is 0 Å². The summed E-state index contributed by atoms with van der Waals surface area (Å²) in [6.07, 6.45) is 3.93. The van der Waals surface area contributed by atoms with Crippen LogP contribution in [0.25, 0.3) is 0 Å². The van der Waals surface area contributed by atoms with Gasteiger partial charge in [0.2, 0.25) is 0 Å². The van der Waals surface area contributed by atoms with E-state index in [0.29, 0.717) is 0 Å². The molecule has 0 fully saturated rings. The molecule has 0 rings (SSSR count). The quantitative estimate of drug-likeness (QED) is 0.333. The summed E-state index contributed by atoms with van der Waals surface area (Å²) < 4.78 is 0. The fourth-order valence-electron chi connectivity index (χ4n) is 0.365. The SMILES string of the molecule is CSCCN=CN(C)C. The number of aliphatic imine (C=N–C) groups is 1. The van der Waals surface area contributed by atoms with Crippen molar-refractivity contribution in [3.63, 3.8) is 0 Å². The third kappa shape index (κ3) is 7.82. The minimum atomic E-state index is 0.930. The molecular weight excluding hydrogens is 132 g/mol. The Balaban J connectivity index is 3.04. The van der Waals surface area contributed by atoms with Crippen molar-refractivity contribution >= 4 is 18.1 Å². The molecule has 0 radical (unpaired) electrons. The first kappa shape index (κ1) is 8.82. The molecule has 0 amide bonds. The minimum absolute atomic E-state index is 0.930. The number of nitrogens with zero attached hydrogens (tertiary/aromatic N) is 2. The summed E-state index contributed by atoms with van der Waals surface area (Å²) in [5, 5.41) is 0. The predicted octanol–water partition coefficient (Wildman–Crippen LogP) is 0.939. The lowest BCUT2D eigenvalue weighted by Gasteiger charge is -2.00. The van der Waals surface area contributed by atoms with Crippen LogP contribution in [0.2, 0.25) is 0 Å². The summed E-state index contributed by atoms with van der Waals surface area (Å²) >= 11 is 1.82. The van der Waals surface area contributed by atoms with Gasteiger partial charge in [-0.15, -0.1) is 0 Å². The Morgan fingerprint density at radius 1 is 1.56 bits per heavy atom. The van der Waals surface area contributed by atoms with E-state index >= 15 is 0 Å². The molecule has 0 aliphatic heterocycles. The van der Waals surface area contributed by atoms with Crippen molar-refractivity contribution in [1.82, 2.24) is 4.90 Å². The largest absolute Gasteiger partial charge is 0.369 e. The second-order valence-corrected chi connectivity index (χ2v) is 2.96. The second kappa shape index (κ2) is 5.95. The maximum Gasteiger partial charge on any atom is 0.0844 e. The second-order valence-electron chi connectivity index (χ2n) is 1.98. The molecule has 9 heavy (non-hydrogen) atoms. The molecule has 2 nitrogen and oxygen atoms in total. The molecule has 0 saturated heterocycles. The van der Waals surface area contributed by atoms with Crippen molar-refractivity contribution in [3.05, 3.63) is 0 Å². The van der Waals surface area contributed by atoms with E-state index in [9.17, 15) is 0 Å². The predicted molar refractivity (Wildman–Crippen MR) is 45.4 cm³/mol. The highest BCUT2D eigenvalue weighted by Crippen LogP contribution is 1.88. The average Bonchev–Trinajstić information content (AvgIpc) is 1.80. The fraction of sp³-hybridized carbons (Fsp3) is 0.833. The molecule has 0 spiro atoms. The van der Waals surface area contributed by atoms with E-state index in [4.69, 9.17) is 0 Å². The normalized spacial score (nSPS) is 10.6. The minimum Gasteiger partial charge on any atom is -0.369 e. The highest BCUT2D eigenvalue weighted by molar-refractivity contribution is 7.98. The Morgan fingerprint density at radius 3 is 2.67 bits per heavy atom. The van der Waals surface area contributed by atoms with Gasteiger partial charge in [-0.2, -0.15) is 11.8 Å². The van der Waals surface area contributed by atoms with E-state index in [1.54, 1.807) is 0 Å². The van der Waals surface area contributed by atoms with Crippen LogP contribution in [0.15, 0.2) is 4.99 Å². The number of hydrogen-bond acceptors (Lipinski definition) is 2. The summed E-state index contributed by atoms with van der Waals surface area (Å²) in [5.74, 6) is 1.12. The molecule has 0 aromatic heterocycles. The van der Waals surface area contributed by atoms with E-state index in [1.165, 1.54) is 0 Å². The van der Waals surface area contributed by atoms with Crippen LogP contribution in [0, 0.1) is 0 Å². The molecule has 0 aromatic rings. The molecule has 0 atom stereocenters. The molecule has 54 valence electrons. The maximum atomic E-state index is 4.14. The Hall–Kier alpha value is -0.180. The van der Waals surface area contributed by atoms with Crippen molar-refractivity contribution < 1.29 is 0 Å². The average molecular weight is 146 g/mol. The van der Waals surface area contributed by atoms with Gasteiger partial charge in [-0.1, -0.05) is 0 Å². The molecular formula is C6H14N2S. The number of rotatable bonds is 4. The molecule has 0 bridgehead atoms. The summed E-state index contributed by atoms with van der Waals surface area (Å²) in [6.45, 7) is 0.930. The van der Waals surface area contributed by atoms with Crippen molar-refractivity contribution in [2.24, 2.45) is 4.99 Å². The Morgan fingerprint density at radius 2 is 2.22 bits per heavy atom. The van der Waals surface area contributed by atoms with Crippen LogP contribution in [0.5, 0.6) is 0 Å². The van der Waals surface area contributed by atoms with Crippen LogP contribution in [0.3, 0.4) is 0 Å². The van der Waals surface area contributed by atoms with Crippen molar-refractivity contribution in [2.45, 2.75) is 0 Å². The zero-order valence-electron chi connectivity index (χ0n) is 6.29. The van der Waals surface area contributed by atoms with Gasteiger partial charge in [0.25, 0.3) is 0 Å². The Labute approximate surface area is 61.3 Å². The van der Waals surface area contributed by atoms with Crippen LogP contribution in [0.1, 0.15) is 0 Å². The van der Waals surface area contributed by atoms with Gasteiger partial charge in [-0.25, -0.2) is 0 Å². The lowest BCUT2D eigenvalue weighted by atomic mass is 10.8. The topological polar surface area (TPSA) is 15.6 Å². The highest BCUT2D eigenvalue weighted by atomic mass is 32.2. The van der Waals surface area contributed by atoms with Gasteiger partial charge in [0.05, 0.1) is 6.34 Å². The Kier molecular flexibility index (Phi) is 5.83. The molecule has 0 aliphatic carbocycles. The molecule has 0 saturated carbocycles. The summed E-state index contributed by atoms with van der Waals surface area (Å²) in [4.78, 5) is 6.09. The smallest absolute Gasteiger partial charge is 0.0844 e. The third-order valence-electron chi connectivity index (χ3n) is 0.737. The molecule has 3 heteroatoms. The monoisotopic (exact) mass is 146 g/mol. The summed E-state index contributed by atoms with van der Waals surface area (Å²) in [7, 11) is 3.95. The van der Waals surface area contributed by atoms with Crippen LogP contribution in [0.4, 0.5) is 0 Å². The van der Waals surface area contributed by atoms with Crippen LogP contribution < -0.4 is 0 Å². The Bertz CT molecular complexity index is 81.1. The summed E-state index contributed by atoms with van der Waals surface area (Å²) in [5.41, 5.74) is 0. The fourth-order valence-corrected chi connectivity index (χ4v) is 0.653. The number of thioether (sulfide) groups is 1. The van der Waals surface area contributed by atoms with Crippen molar-refractivity contribution in [2.75, 3.05) is 32.6 Å². The van der Waals surface area contributed by atoms with E-state index in [2.05, 4.69) is 11.2 Å². The van der Waals surface area contributed by atoms with Gasteiger partial charge >= 0.3 is 0 Å². The standard InChI is InChI=1S/C6H14N2S/c1-8(2)6-7-4-5-9-3/h6H,4-5H2,1-3H3. The van der Waals surface area contributed by atoms with Crippen molar-refractivity contribution in [3.8, 4) is 0 Å². The van der Waals surface area contributed by atoms with Gasteiger partial charge < -0.3 is 4.90 Å². The lowest BCUT2D eigenvalue weighted by molar-refractivity contribution is 0.640. The van der Waals surface area contributed by atoms with Gasteiger partial charge in [-0.05, 0) is 6.26 Å². The maximum absolute atomic E-state index is 4.14. The third-order valence-corrected chi connectivity index (χ3v) is 1.33. The first-order valence-corrected chi connectivity index (χ1v) is 4.32. The van der Waals surface area contributed by atoms with Gasteiger partial charge in [0.1, 0.15) is 0 Å². The molecule has 0 aromatic carbocycles. The highest BCUT2D eigenvalue weighted by Gasteiger charge is 1.78. The first-order valence-electron chi connectivity index (χ1n) is 2.92. The van der Waals surface area contributed by atoms with E-state index in [-0.39, 0.29) is 0 Å². The van der Waals surface area contributed by atoms with Crippen LogP contribution >= 0.6 is 11.8 Å². The van der Waals surface area contributed by atoms with Crippen LogP contribution in [-0.2, 0) is 0 Å². The van der Waals surface area contributed by atoms with E-state index in [0.717, 1.165) is 12.3 Å². The molecule has 0 heterocycles. The van der Waals surface area contributed by atoms with Gasteiger partial charge in [0, 0.05) is 26.4 Å². The van der Waals surface area contributed by atoms with Crippen molar-refractivity contribution in [1.29, 1.82) is 0 Å². The zero-order chi connectivity index (χ0) is 7.11. The zero-order valence-corrected chi connectivity index (χ0v) is 7.11.